The van der Waals surface area contributed by atoms with Gasteiger partial charge in [0.05, 0.1) is 5.69 Å². The summed E-state index contributed by atoms with van der Waals surface area (Å²) in [6.45, 7) is 8.72. The maximum Gasteiger partial charge on any atom is 0.137 e. The molecule has 1 N–H and O–H groups in total. The van der Waals surface area contributed by atoms with E-state index in [9.17, 15) is 0 Å². The monoisotopic (exact) mass is 284 g/mol. The normalized spacial score (nSPS) is 20.8. The first-order chi connectivity index (χ1) is 10.1. The summed E-state index contributed by atoms with van der Waals surface area (Å²) < 4.78 is 0. The predicted molar refractivity (Wildman–Crippen MR) is 86.1 cm³/mol. The fourth-order valence-corrected chi connectivity index (χ4v) is 2.86. The van der Waals surface area contributed by atoms with Gasteiger partial charge in [-0.05, 0) is 20.9 Å². The van der Waals surface area contributed by atoms with Crippen LogP contribution in [0.2, 0.25) is 0 Å². The zero-order valence-corrected chi connectivity index (χ0v) is 13.1. The number of piperazine rings is 1. The zero-order chi connectivity index (χ0) is 14.8. The van der Waals surface area contributed by atoms with Gasteiger partial charge in [-0.3, -0.25) is 4.90 Å². The van der Waals surface area contributed by atoms with Crippen LogP contribution < -0.4 is 0 Å². The van der Waals surface area contributed by atoms with Crippen LogP contribution in [0, 0.1) is 6.92 Å². The first kappa shape index (κ1) is 14.3. The lowest BCUT2D eigenvalue weighted by atomic mass is 10.2. The molecule has 0 bridgehead atoms. The Labute approximate surface area is 126 Å². The van der Waals surface area contributed by atoms with Gasteiger partial charge in [0.1, 0.15) is 5.82 Å². The first-order valence-electron chi connectivity index (χ1n) is 7.67. The number of H-pyrrole nitrogens is 1. The molecule has 0 saturated carbocycles. The van der Waals surface area contributed by atoms with Gasteiger partial charge in [-0.1, -0.05) is 30.3 Å². The SMILES string of the molecule is Cc1[nH]c(-c2ccccc2)nc1CN1CCN(C)C(C)C1. The summed E-state index contributed by atoms with van der Waals surface area (Å²) in [7, 11) is 2.20. The van der Waals surface area contributed by atoms with E-state index in [-0.39, 0.29) is 0 Å². The molecule has 1 unspecified atom stereocenters. The Morgan fingerprint density at radius 1 is 1.24 bits per heavy atom. The molecule has 4 heteroatoms. The molecule has 2 aromatic rings. The molecule has 1 fully saturated rings. The lowest BCUT2D eigenvalue weighted by molar-refractivity contribution is 0.0990. The molecule has 1 atom stereocenters. The predicted octanol–water partition coefficient (Wildman–Crippen LogP) is 2.52. The second-order valence-electron chi connectivity index (χ2n) is 6.09. The summed E-state index contributed by atoms with van der Waals surface area (Å²) in [4.78, 5) is 13.2. The summed E-state index contributed by atoms with van der Waals surface area (Å²) in [5.74, 6) is 0.977. The molecule has 2 heterocycles. The van der Waals surface area contributed by atoms with Gasteiger partial charge in [-0.25, -0.2) is 4.98 Å². The zero-order valence-electron chi connectivity index (χ0n) is 13.1. The molecule has 0 spiro atoms. The molecule has 21 heavy (non-hydrogen) atoms. The van der Waals surface area contributed by atoms with Crippen molar-refractivity contribution in [2.45, 2.75) is 26.4 Å². The van der Waals surface area contributed by atoms with E-state index in [0.717, 1.165) is 37.6 Å². The van der Waals surface area contributed by atoms with Crippen molar-refractivity contribution < 1.29 is 0 Å². The van der Waals surface area contributed by atoms with Crippen molar-refractivity contribution in [2.24, 2.45) is 0 Å². The van der Waals surface area contributed by atoms with Crippen LogP contribution in [-0.2, 0) is 6.54 Å². The Balaban J connectivity index is 1.73. The van der Waals surface area contributed by atoms with Crippen molar-refractivity contribution in [2.75, 3.05) is 26.7 Å². The first-order valence-corrected chi connectivity index (χ1v) is 7.67. The van der Waals surface area contributed by atoms with Crippen molar-refractivity contribution >= 4 is 0 Å². The molecule has 0 aliphatic carbocycles. The molecule has 1 aromatic heterocycles. The Morgan fingerprint density at radius 3 is 2.71 bits per heavy atom. The Bertz CT molecular complexity index is 590. The average molecular weight is 284 g/mol. The van der Waals surface area contributed by atoms with Crippen molar-refractivity contribution in [1.82, 2.24) is 19.8 Å². The van der Waals surface area contributed by atoms with Crippen LogP contribution in [0.5, 0.6) is 0 Å². The van der Waals surface area contributed by atoms with Crippen LogP contribution in [0.15, 0.2) is 30.3 Å². The summed E-state index contributed by atoms with van der Waals surface area (Å²) in [5.41, 5.74) is 3.50. The molecule has 0 amide bonds. The molecular weight excluding hydrogens is 260 g/mol. The molecule has 1 aromatic carbocycles. The number of imidazole rings is 1. The van der Waals surface area contributed by atoms with E-state index in [1.165, 1.54) is 11.4 Å². The number of nitrogens with zero attached hydrogens (tertiary/aromatic N) is 3. The van der Waals surface area contributed by atoms with Crippen LogP contribution in [0.1, 0.15) is 18.3 Å². The van der Waals surface area contributed by atoms with Gasteiger partial charge in [-0.15, -0.1) is 0 Å². The molecule has 112 valence electrons. The van der Waals surface area contributed by atoms with Gasteiger partial charge in [0.25, 0.3) is 0 Å². The van der Waals surface area contributed by atoms with Crippen molar-refractivity contribution in [3.05, 3.63) is 41.7 Å². The van der Waals surface area contributed by atoms with E-state index in [4.69, 9.17) is 4.98 Å². The molecule has 1 saturated heterocycles. The van der Waals surface area contributed by atoms with Gasteiger partial charge in [0.2, 0.25) is 0 Å². The third-order valence-corrected chi connectivity index (χ3v) is 4.45. The standard InChI is InChI=1S/C17H24N4/c1-13-11-21(10-9-20(13)3)12-16-14(2)18-17(19-16)15-7-5-4-6-8-15/h4-8,13H,9-12H2,1-3H3,(H,18,19). The number of likely N-dealkylation sites (N-methyl/N-ethyl adjacent to an activating group) is 1. The number of nitrogens with one attached hydrogen (secondary N) is 1. The van der Waals surface area contributed by atoms with Crippen LogP contribution >= 0.6 is 0 Å². The highest BCUT2D eigenvalue weighted by atomic mass is 15.3. The Hall–Kier alpha value is -1.65. The van der Waals surface area contributed by atoms with E-state index in [1.807, 2.05) is 6.07 Å². The molecular formula is C17H24N4. The maximum atomic E-state index is 4.81. The van der Waals surface area contributed by atoms with Crippen molar-refractivity contribution in [3.63, 3.8) is 0 Å². The summed E-state index contributed by atoms with van der Waals surface area (Å²) in [5, 5.41) is 0. The molecule has 1 aliphatic heterocycles. The molecule has 1 aliphatic rings. The van der Waals surface area contributed by atoms with Gasteiger partial charge in [0.15, 0.2) is 0 Å². The van der Waals surface area contributed by atoms with Crippen LogP contribution in [0.25, 0.3) is 11.4 Å². The van der Waals surface area contributed by atoms with Gasteiger partial charge >= 0.3 is 0 Å². The highest BCUT2D eigenvalue weighted by molar-refractivity contribution is 5.55. The quantitative estimate of drug-likeness (QED) is 0.940. The highest BCUT2D eigenvalue weighted by Crippen LogP contribution is 2.19. The minimum Gasteiger partial charge on any atom is -0.342 e. The third-order valence-electron chi connectivity index (χ3n) is 4.45. The minimum atomic E-state index is 0.617. The smallest absolute Gasteiger partial charge is 0.137 e. The van der Waals surface area contributed by atoms with Gasteiger partial charge in [-0.2, -0.15) is 0 Å². The number of aromatic nitrogens is 2. The highest BCUT2D eigenvalue weighted by Gasteiger charge is 2.22. The van der Waals surface area contributed by atoms with Crippen molar-refractivity contribution in [1.29, 1.82) is 0 Å². The Morgan fingerprint density at radius 2 is 2.00 bits per heavy atom. The summed E-state index contributed by atoms with van der Waals surface area (Å²) in [6.07, 6.45) is 0. The van der Waals surface area contributed by atoms with E-state index in [1.54, 1.807) is 0 Å². The number of hydrogen-bond donors (Lipinski definition) is 1. The van der Waals surface area contributed by atoms with Gasteiger partial charge < -0.3 is 9.88 Å². The Kier molecular flexibility index (Phi) is 4.08. The number of rotatable bonds is 3. The van der Waals surface area contributed by atoms with E-state index < -0.39 is 0 Å². The number of aromatic amines is 1. The number of benzene rings is 1. The molecule has 4 nitrogen and oxygen atoms in total. The summed E-state index contributed by atoms with van der Waals surface area (Å²) >= 11 is 0. The topological polar surface area (TPSA) is 35.2 Å². The second-order valence-corrected chi connectivity index (χ2v) is 6.09. The fourth-order valence-electron chi connectivity index (χ4n) is 2.86. The maximum absolute atomic E-state index is 4.81. The lowest BCUT2D eigenvalue weighted by Gasteiger charge is -2.37. The average Bonchev–Trinajstić information content (AvgIpc) is 2.85. The summed E-state index contributed by atoms with van der Waals surface area (Å²) in [6, 6.07) is 10.9. The fraction of sp³-hybridized carbons (Fsp3) is 0.471. The van der Waals surface area contributed by atoms with Crippen LogP contribution in [-0.4, -0.2) is 52.5 Å². The number of aryl methyl sites for hydroxylation is 1. The van der Waals surface area contributed by atoms with E-state index in [0.29, 0.717) is 6.04 Å². The lowest BCUT2D eigenvalue weighted by Crippen LogP contribution is -2.49. The van der Waals surface area contributed by atoms with Crippen molar-refractivity contribution in [3.8, 4) is 11.4 Å². The molecule has 0 radical (unpaired) electrons. The van der Waals surface area contributed by atoms with Gasteiger partial charge in [0, 0.05) is 43.5 Å². The van der Waals surface area contributed by atoms with Crippen LogP contribution in [0.4, 0.5) is 0 Å². The third kappa shape index (κ3) is 3.17. The van der Waals surface area contributed by atoms with E-state index >= 15 is 0 Å². The molecule has 3 rings (SSSR count). The minimum absolute atomic E-state index is 0.617. The van der Waals surface area contributed by atoms with E-state index in [2.05, 4.69) is 59.9 Å². The largest absolute Gasteiger partial charge is 0.342 e. The second kappa shape index (κ2) is 6.00. The van der Waals surface area contributed by atoms with Crippen LogP contribution in [0.3, 0.4) is 0 Å². The number of hydrogen-bond acceptors (Lipinski definition) is 3.